The second-order valence-corrected chi connectivity index (χ2v) is 6.31. The van der Waals surface area contributed by atoms with Gasteiger partial charge in [0, 0.05) is 18.1 Å². The van der Waals surface area contributed by atoms with Crippen LogP contribution in [0, 0.1) is 0 Å². The molecule has 0 aliphatic carbocycles. The van der Waals surface area contributed by atoms with E-state index in [1.165, 1.54) is 0 Å². The highest BCUT2D eigenvalue weighted by Crippen LogP contribution is 2.13. The van der Waals surface area contributed by atoms with Gasteiger partial charge in [-0.25, -0.2) is 4.79 Å². The number of imide groups is 1. The van der Waals surface area contributed by atoms with Crippen LogP contribution in [-0.4, -0.2) is 29.9 Å². The van der Waals surface area contributed by atoms with Crippen molar-refractivity contribution >= 4 is 23.5 Å². The Morgan fingerprint density at radius 2 is 1.76 bits per heavy atom. The molecule has 25 heavy (non-hydrogen) atoms. The number of rotatable bonds is 6. The molecule has 0 aromatic heterocycles. The molecule has 0 bridgehead atoms. The van der Waals surface area contributed by atoms with Crippen molar-refractivity contribution in [1.29, 1.82) is 0 Å². The van der Waals surface area contributed by atoms with Gasteiger partial charge in [0.1, 0.15) is 0 Å². The molecule has 0 aliphatic rings. The lowest BCUT2D eigenvalue weighted by Gasteiger charge is -2.23. The molecule has 3 amide bonds. The van der Waals surface area contributed by atoms with Crippen LogP contribution in [-0.2, 0) is 17.9 Å². The monoisotopic (exact) mass is 359 g/mol. The summed E-state index contributed by atoms with van der Waals surface area (Å²) in [6.45, 7) is 2.68. The van der Waals surface area contributed by atoms with E-state index >= 15 is 0 Å². The summed E-state index contributed by atoms with van der Waals surface area (Å²) in [6, 6.07) is 16.0. The molecule has 1 unspecified atom stereocenters. The molecule has 1 atom stereocenters. The molecular weight excluding hydrogens is 338 g/mol. The van der Waals surface area contributed by atoms with E-state index in [-0.39, 0.29) is 5.91 Å². The molecule has 2 aromatic rings. The summed E-state index contributed by atoms with van der Waals surface area (Å²) in [5.74, 6) is -0.352. The number of carbonyl (C=O) groups is 2. The normalized spacial score (nSPS) is 11.8. The number of carbonyl (C=O) groups excluding carboxylic acids is 2. The van der Waals surface area contributed by atoms with Gasteiger partial charge in [0.05, 0.1) is 6.04 Å². The number of likely N-dealkylation sites (N-methyl/N-ethyl adjacent to an activating group) is 1. The van der Waals surface area contributed by atoms with Crippen molar-refractivity contribution in [1.82, 2.24) is 15.5 Å². The first kappa shape index (κ1) is 19.0. The van der Waals surface area contributed by atoms with Crippen molar-refractivity contribution in [3.8, 4) is 0 Å². The van der Waals surface area contributed by atoms with E-state index in [1.807, 2.05) is 60.5 Å². The van der Waals surface area contributed by atoms with Gasteiger partial charge < -0.3 is 5.32 Å². The number of hydrogen-bond acceptors (Lipinski definition) is 3. The van der Waals surface area contributed by atoms with Gasteiger partial charge in [0.15, 0.2) is 0 Å². The Kier molecular flexibility index (Phi) is 6.98. The molecule has 0 radical (unpaired) electrons. The zero-order valence-electron chi connectivity index (χ0n) is 14.3. The predicted molar refractivity (Wildman–Crippen MR) is 99.2 cm³/mol. The molecule has 0 heterocycles. The van der Waals surface area contributed by atoms with Gasteiger partial charge in [0.2, 0.25) is 5.91 Å². The second-order valence-electron chi connectivity index (χ2n) is 5.88. The van der Waals surface area contributed by atoms with Crippen LogP contribution >= 0.6 is 11.6 Å². The van der Waals surface area contributed by atoms with Crippen molar-refractivity contribution in [3.05, 3.63) is 70.7 Å². The van der Waals surface area contributed by atoms with Gasteiger partial charge >= 0.3 is 6.03 Å². The van der Waals surface area contributed by atoms with Gasteiger partial charge in [0.25, 0.3) is 0 Å². The summed E-state index contributed by atoms with van der Waals surface area (Å²) in [4.78, 5) is 26.0. The Morgan fingerprint density at radius 1 is 1.08 bits per heavy atom. The highest BCUT2D eigenvalue weighted by molar-refractivity contribution is 6.30. The Bertz CT molecular complexity index is 722. The zero-order valence-corrected chi connectivity index (χ0v) is 15.1. The van der Waals surface area contributed by atoms with Gasteiger partial charge in [-0.15, -0.1) is 0 Å². The van der Waals surface area contributed by atoms with E-state index in [0.29, 0.717) is 18.1 Å². The number of halogens is 1. The lowest BCUT2D eigenvalue weighted by molar-refractivity contribution is -0.124. The molecule has 0 saturated carbocycles. The number of urea groups is 1. The summed E-state index contributed by atoms with van der Waals surface area (Å²) in [5.41, 5.74) is 1.97. The second kappa shape index (κ2) is 9.20. The van der Waals surface area contributed by atoms with Crippen molar-refractivity contribution in [2.24, 2.45) is 0 Å². The molecule has 0 aliphatic heterocycles. The Labute approximate surface area is 153 Å². The van der Waals surface area contributed by atoms with Crippen LogP contribution in [0.1, 0.15) is 18.1 Å². The van der Waals surface area contributed by atoms with E-state index in [1.54, 1.807) is 13.0 Å². The average molecular weight is 360 g/mol. The van der Waals surface area contributed by atoms with E-state index in [4.69, 9.17) is 11.6 Å². The number of nitrogens with zero attached hydrogens (tertiary/aromatic N) is 1. The lowest BCUT2D eigenvalue weighted by atomic mass is 10.2. The molecule has 5 nitrogen and oxygen atoms in total. The standard InChI is InChI=1S/C19H22ClN3O2/c1-14(23(2)13-16-9-6-10-17(20)11-16)18(24)22-19(25)21-12-15-7-4-3-5-8-15/h3-11,14H,12-13H2,1-2H3,(H2,21,22,24,25). The quantitative estimate of drug-likeness (QED) is 0.832. The van der Waals surface area contributed by atoms with E-state index in [0.717, 1.165) is 11.1 Å². The SMILES string of the molecule is CC(C(=O)NC(=O)NCc1ccccc1)N(C)Cc1cccc(Cl)c1. The minimum atomic E-state index is -0.503. The Hall–Kier alpha value is -2.37. The van der Waals surface area contributed by atoms with Gasteiger partial charge in [-0.3, -0.25) is 15.0 Å². The van der Waals surface area contributed by atoms with Crippen LogP contribution in [0.3, 0.4) is 0 Å². The Balaban J connectivity index is 1.81. The Morgan fingerprint density at radius 3 is 2.44 bits per heavy atom. The molecule has 132 valence electrons. The molecule has 6 heteroatoms. The minimum absolute atomic E-state index is 0.352. The number of hydrogen-bond donors (Lipinski definition) is 2. The van der Waals surface area contributed by atoms with E-state index in [2.05, 4.69) is 10.6 Å². The first-order valence-corrected chi connectivity index (χ1v) is 8.41. The van der Waals surface area contributed by atoms with Crippen LogP contribution in [0.25, 0.3) is 0 Å². The average Bonchev–Trinajstić information content (AvgIpc) is 2.60. The van der Waals surface area contributed by atoms with Crippen LogP contribution < -0.4 is 10.6 Å². The zero-order chi connectivity index (χ0) is 18.2. The smallest absolute Gasteiger partial charge is 0.321 e. The van der Waals surface area contributed by atoms with Crippen molar-refractivity contribution in [3.63, 3.8) is 0 Å². The third kappa shape index (κ3) is 6.21. The maximum atomic E-state index is 12.2. The number of amides is 3. The maximum absolute atomic E-state index is 12.2. The lowest BCUT2D eigenvalue weighted by Crippen LogP contribution is -2.48. The minimum Gasteiger partial charge on any atom is -0.334 e. The van der Waals surface area contributed by atoms with Crippen molar-refractivity contribution in [2.75, 3.05) is 7.05 Å². The molecule has 2 aromatic carbocycles. The largest absolute Gasteiger partial charge is 0.334 e. The molecular formula is C19H22ClN3O2. The summed E-state index contributed by atoms with van der Waals surface area (Å²) < 4.78 is 0. The molecule has 0 saturated heterocycles. The highest BCUT2D eigenvalue weighted by Gasteiger charge is 2.20. The molecule has 0 spiro atoms. The molecule has 0 fully saturated rings. The van der Waals surface area contributed by atoms with E-state index < -0.39 is 12.1 Å². The maximum Gasteiger partial charge on any atom is 0.321 e. The first-order valence-electron chi connectivity index (χ1n) is 8.03. The van der Waals surface area contributed by atoms with Crippen molar-refractivity contribution < 1.29 is 9.59 Å². The summed E-state index contributed by atoms with van der Waals surface area (Å²) >= 11 is 5.97. The first-order chi connectivity index (χ1) is 12.0. The fourth-order valence-electron chi connectivity index (χ4n) is 2.30. The molecule has 2 N–H and O–H groups in total. The fraction of sp³-hybridized carbons (Fsp3) is 0.263. The summed E-state index contributed by atoms with van der Waals surface area (Å²) in [5, 5.41) is 5.70. The van der Waals surface area contributed by atoms with Gasteiger partial charge in [-0.05, 0) is 37.2 Å². The number of benzene rings is 2. The van der Waals surface area contributed by atoms with Crippen LogP contribution in [0.4, 0.5) is 4.79 Å². The summed E-state index contributed by atoms with van der Waals surface area (Å²) in [6.07, 6.45) is 0. The topological polar surface area (TPSA) is 61.4 Å². The van der Waals surface area contributed by atoms with Gasteiger partial charge in [-0.2, -0.15) is 0 Å². The van der Waals surface area contributed by atoms with Crippen LogP contribution in [0.15, 0.2) is 54.6 Å². The summed E-state index contributed by atoms with van der Waals surface area (Å²) in [7, 11) is 1.83. The highest BCUT2D eigenvalue weighted by atomic mass is 35.5. The van der Waals surface area contributed by atoms with E-state index in [9.17, 15) is 9.59 Å². The third-order valence-corrected chi connectivity index (χ3v) is 4.13. The fourth-order valence-corrected chi connectivity index (χ4v) is 2.51. The van der Waals surface area contributed by atoms with Crippen LogP contribution in [0.5, 0.6) is 0 Å². The number of nitrogens with one attached hydrogen (secondary N) is 2. The van der Waals surface area contributed by atoms with Crippen molar-refractivity contribution in [2.45, 2.75) is 26.1 Å². The molecule has 2 rings (SSSR count). The van der Waals surface area contributed by atoms with Crippen LogP contribution in [0.2, 0.25) is 5.02 Å². The third-order valence-electron chi connectivity index (χ3n) is 3.89. The van der Waals surface area contributed by atoms with Gasteiger partial charge in [-0.1, -0.05) is 54.1 Å². The predicted octanol–water partition coefficient (Wildman–Crippen LogP) is 3.19.